The summed E-state index contributed by atoms with van der Waals surface area (Å²) in [5.74, 6) is -1.43. The van der Waals surface area contributed by atoms with Crippen LogP contribution in [0.4, 0.5) is 5.69 Å². The van der Waals surface area contributed by atoms with E-state index >= 15 is 0 Å². The van der Waals surface area contributed by atoms with Crippen LogP contribution in [-0.2, 0) is 20.9 Å². The first kappa shape index (κ1) is 25.8. The van der Waals surface area contributed by atoms with E-state index in [1.807, 2.05) is 30.3 Å². The standard InChI is InChI=1S/C27H25N3O6S/c1-4-35-26(33)19-10-12-20(13-11-19)29-23(31)17(3)30-15-28-24-21(25(30)32)16(2)22(37-24)27(34)36-14-18-8-6-5-7-9-18/h5-13,15,17H,4,14H2,1-3H3,(H,29,31). The molecule has 0 bridgehead atoms. The fourth-order valence-corrected chi connectivity index (χ4v) is 4.71. The number of carbonyl (C=O) groups excluding carboxylic acids is 3. The molecule has 0 radical (unpaired) electrons. The first-order chi connectivity index (χ1) is 17.8. The van der Waals surface area contributed by atoms with Gasteiger partial charge in [-0.2, -0.15) is 0 Å². The molecule has 0 aliphatic heterocycles. The van der Waals surface area contributed by atoms with Gasteiger partial charge in [-0.1, -0.05) is 30.3 Å². The highest BCUT2D eigenvalue weighted by molar-refractivity contribution is 7.20. The summed E-state index contributed by atoms with van der Waals surface area (Å²) in [6, 6.07) is 14.7. The smallest absolute Gasteiger partial charge is 0.349 e. The van der Waals surface area contributed by atoms with E-state index in [0.717, 1.165) is 16.9 Å². The molecule has 4 rings (SSSR count). The first-order valence-corrected chi connectivity index (χ1v) is 12.4. The van der Waals surface area contributed by atoms with Crippen LogP contribution in [-0.4, -0.2) is 34.0 Å². The van der Waals surface area contributed by atoms with E-state index in [9.17, 15) is 19.2 Å². The molecule has 2 aromatic heterocycles. The molecular weight excluding hydrogens is 494 g/mol. The minimum Gasteiger partial charge on any atom is -0.462 e. The Morgan fingerprint density at radius 2 is 1.73 bits per heavy atom. The Hall–Kier alpha value is -4.31. The van der Waals surface area contributed by atoms with Gasteiger partial charge in [0, 0.05) is 5.69 Å². The quantitative estimate of drug-likeness (QED) is 0.341. The lowest BCUT2D eigenvalue weighted by Crippen LogP contribution is -2.31. The van der Waals surface area contributed by atoms with Crippen LogP contribution in [0.3, 0.4) is 0 Å². The van der Waals surface area contributed by atoms with E-state index in [2.05, 4.69) is 10.3 Å². The second-order valence-electron chi connectivity index (χ2n) is 8.22. The predicted octanol–water partition coefficient (Wildman–Crippen LogP) is 4.50. The van der Waals surface area contributed by atoms with Crippen LogP contribution in [0.2, 0.25) is 0 Å². The van der Waals surface area contributed by atoms with E-state index in [0.29, 0.717) is 26.5 Å². The number of benzene rings is 2. The maximum absolute atomic E-state index is 13.3. The molecule has 1 unspecified atom stereocenters. The van der Waals surface area contributed by atoms with Crippen molar-refractivity contribution in [2.45, 2.75) is 33.4 Å². The summed E-state index contributed by atoms with van der Waals surface area (Å²) in [4.78, 5) is 55.7. The summed E-state index contributed by atoms with van der Waals surface area (Å²) in [7, 11) is 0. The van der Waals surface area contributed by atoms with Crippen LogP contribution >= 0.6 is 11.3 Å². The number of aromatic nitrogens is 2. The molecule has 4 aromatic rings. The lowest BCUT2D eigenvalue weighted by Gasteiger charge is -2.15. The Morgan fingerprint density at radius 1 is 1.03 bits per heavy atom. The molecule has 0 saturated heterocycles. The number of nitrogens with zero attached hydrogens (tertiary/aromatic N) is 2. The summed E-state index contributed by atoms with van der Waals surface area (Å²) in [6.07, 6.45) is 1.30. The maximum atomic E-state index is 13.3. The predicted molar refractivity (Wildman–Crippen MR) is 140 cm³/mol. The van der Waals surface area contributed by atoms with Crippen molar-refractivity contribution >= 4 is 45.1 Å². The Balaban J connectivity index is 1.51. The molecule has 0 aliphatic rings. The van der Waals surface area contributed by atoms with Crippen LogP contribution in [0, 0.1) is 6.92 Å². The number of aryl methyl sites for hydroxylation is 1. The van der Waals surface area contributed by atoms with E-state index in [1.54, 1.807) is 45.0 Å². The van der Waals surface area contributed by atoms with Gasteiger partial charge in [0.1, 0.15) is 22.4 Å². The SMILES string of the molecule is CCOC(=O)c1ccc(NC(=O)C(C)n2cnc3sc(C(=O)OCc4ccccc4)c(C)c3c2=O)cc1. The zero-order valence-corrected chi connectivity index (χ0v) is 21.3. The third kappa shape index (κ3) is 5.59. The minimum atomic E-state index is -0.887. The van der Waals surface area contributed by atoms with Gasteiger partial charge in [0.05, 0.1) is 23.9 Å². The maximum Gasteiger partial charge on any atom is 0.349 e. The van der Waals surface area contributed by atoms with Gasteiger partial charge < -0.3 is 14.8 Å². The summed E-state index contributed by atoms with van der Waals surface area (Å²) >= 11 is 1.08. The Bertz CT molecular complexity index is 1510. The fourth-order valence-electron chi connectivity index (χ4n) is 3.67. The lowest BCUT2D eigenvalue weighted by molar-refractivity contribution is -0.118. The number of fused-ring (bicyclic) bond motifs is 1. The molecule has 0 fully saturated rings. The van der Waals surface area contributed by atoms with E-state index in [1.165, 1.54) is 10.9 Å². The number of thiophene rings is 1. The van der Waals surface area contributed by atoms with Gasteiger partial charge in [0.15, 0.2) is 0 Å². The van der Waals surface area contributed by atoms with Gasteiger partial charge in [-0.3, -0.25) is 14.2 Å². The Kier molecular flexibility index (Phi) is 7.78. The Morgan fingerprint density at radius 3 is 2.41 bits per heavy atom. The second-order valence-corrected chi connectivity index (χ2v) is 9.22. The zero-order valence-electron chi connectivity index (χ0n) is 20.5. The number of rotatable bonds is 8. The average molecular weight is 520 g/mol. The van der Waals surface area contributed by atoms with E-state index < -0.39 is 29.4 Å². The molecule has 9 nitrogen and oxygen atoms in total. The van der Waals surface area contributed by atoms with Crippen LogP contribution in [0.15, 0.2) is 65.7 Å². The average Bonchev–Trinajstić information content (AvgIpc) is 3.25. The van der Waals surface area contributed by atoms with Crippen molar-refractivity contribution in [3.63, 3.8) is 0 Å². The summed E-state index contributed by atoms with van der Waals surface area (Å²) < 4.78 is 11.6. The van der Waals surface area contributed by atoms with E-state index in [4.69, 9.17) is 9.47 Å². The largest absolute Gasteiger partial charge is 0.462 e. The van der Waals surface area contributed by atoms with Crippen molar-refractivity contribution in [3.05, 3.63) is 92.8 Å². The molecule has 1 atom stereocenters. The molecule has 0 spiro atoms. The Labute approximate surface area is 216 Å². The van der Waals surface area contributed by atoms with Crippen LogP contribution in [0.1, 0.15) is 51.0 Å². The number of ether oxygens (including phenoxy) is 2. The van der Waals surface area contributed by atoms with Gasteiger partial charge in [0.2, 0.25) is 5.91 Å². The minimum absolute atomic E-state index is 0.114. The summed E-state index contributed by atoms with van der Waals surface area (Å²) in [5, 5.41) is 3.01. The molecule has 190 valence electrons. The summed E-state index contributed by atoms with van der Waals surface area (Å²) in [6.45, 7) is 5.35. The molecule has 37 heavy (non-hydrogen) atoms. The van der Waals surface area contributed by atoms with Gasteiger partial charge in [-0.25, -0.2) is 14.6 Å². The fraction of sp³-hybridized carbons (Fsp3) is 0.222. The number of esters is 2. The third-order valence-electron chi connectivity index (χ3n) is 5.73. The molecule has 0 aliphatic carbocycles. The first-order valence-electron chi connectivity index (χ1n) is 11.6. The van der Waals surface area contributed by atoms with Gasteiger partial charge >= 0.3 is 11.9 Å². The molecular formula is C27H25N3O6S. The van der Waals surface area contributed by atoms with Gasteiger partial charge in [-0.15, -0.1) is 11.3 Å². The molecule has 10 heteroatoms. The molecule has 2 heterocycles. The zero-order chi connectivity index (χ0) is 26.5. The van der Waals surface area contributed by atoms with Crippen molar-refractivity contribution in [1.29, 1.82) is 0 Å². The topological polar surface area (TPSA) is 117 Å². The number of carbonyl (C=O) groups is 3. The van der Waals surface area contributed by atoms with Gasteiger partial charge in [0.25, 0.3) is 5.56 Å². The van der Waals surface area contributed by atoms with Crippen LogP contribution < -0.4 is 10.9 Å². The number of hydrogen-bond donors (Lipinski definition) is 1. The normalized spacial score (nSPS) is 11.6. The number of anilines is 1. The lowest BCUT2D eigenvalue weighted by atomic mass is 10.2. The number of hydrogen-bond acceptors (Lipinski definition) is 8. The molecule has 0 saturated carbocycles. The summed E-state index contributed by atoms with van der Waals surface area (Å²) in [5.41, 5.74) is 1.71. The van der Waals surface area contributed by atoms with Crippen molar-refractivity contribution in [1.82, 2.24) is 9.55 Å². The van der Waals surface area contributed by atoms with Crippen molar-refractivity contribution < 1.29 is 23.9 Å². The van der Waals surface area contributed by atoms with Crippen molar-refractivity contribution in [2.75, 3.05) is 11.9 Å². The van der Waals surface area contributed by atoms with Gasteiger partial charge in [-0.05, 0) is 56.2 Å². The number of nitrogens with one attached hydrogen (secondary N) is 1. The third-order valence-corrected chi connectivity index (χ3v) is 6.91. The van der Waals surface area contributed by atoms with Crippen molar-refractivity contribution in [3.8, 4) is 0 Å². The van der Waals surface area contributed by atoms with E-state index in [-0.39, 0.29) is 18.6 Å². The van der Waals surface area contributed by atoms with Crippen LogP contribution in [0.5, 0.6) is 0 Å². The highest BCUT2D eigenvalue weighted by atomic mass is 32.1. The highest BCUT2D eigenvalue weighted by Crippen LogP contribution is 2.28. The molecule has 1 amide bonds. The number of amides is 1. The second kappa shape index (κ2) is 11.2. The highest BCUT2D eigenvalue weighted by Gasteiger charge is 2.24. The van der Waals surface area contributed by atoms with Crippen LogP contribution in [0.25, 0.3) is 10.2 Å². The molecule has 1 N–H and O–H groups in total. The molecule has 2 aromatic carbocycles. The monoisotopic (exact) mass is 519 g/mol. The van der Waals surface area contributed by atoms with Crippen molar-refractivity contribution in [2.24, 2.45) is 0 Å².